The molecule has 6 heteroatoms. The Bertz CT molecular complexity index is 631. The zero-order valence-corrected chi connectivity index (χ0v) is 11.0. The highest BCUT2D eigenvalue weighted by atomic mass is 35.5. The molecule has 1 heterocycles. The van der Waals surface area contributed by atoms with E-state index in [-0.39, 0.29) is 10.6 Å². The van der Waals surface area contributed by atoms with E-state index in [4.69, 9.17) is 34.8 Å². The molecule has 0 spiro atoms. The Labute approximate surface area is 117 Å². The van der Waals surface area contributed by atoms with Gasteiger partial charge in [0.1, 0.15) is 0 Å². The second kappa shape index (κ2) is 5.22. The van der Waals surface area contributed by atoms with Crippen LogP contribution in [0.2, 0.25) is 15.1 Å². The maximum Gasteiger partial charge on any atom is 0.223 e. The van der Waals surface area contributed by atoms with E-state index < -0.39 is 5.95 Å². The summed E-state index contributed by atoms with van der Waals surface area (Å²) < 4.78 is 13.1. The molecule has 2 nitrogen and oxygen atoms in total. The maximum absolute atomic E-state index is 13.1. The monoisotopic (exact) mass is 303 g/mol. The molecule has 0 fully saturated rings. The van der Waals surface area contributed by atoms with E-state index in [9.17, 15) is 9.18 Å². The smallest absolute Gasteiger partial charge is 0.223 e. The summed E-state index contributed by atoms with van der Waals surface area (Å²) in [6.45, 7) is 0. The van der Waals surface area contributed by atoms with Crippen LogP contribution in [0.5, 0.6) is 0 Å². The Kier molecular flexibility index (Phi) is 3.85. The standard InChI is InChI=1S/C12H5Cl3FNO/c13-8-1-2-9(14)11(15)10(8)6-3-7(5-18)12(16)17-4-6/h1-5H. The lowest BCUT2D eigenvalue weighted by molar-refractivity contribution is 0.111. The molecule has 0 aliphatic carbocycles. The predicted molar refractivity (Wildman–Crippen MR) is 70.0 cm³/mol. The minimum atomic E-state index is -0.844. The summed E-state index contributed by atoms with van der Waals surface area (Å²) in [5.41, 5.74) is 0.678. The van der Waals surface area contributed by atoms with Crippen LogP contribution in [0.3, 0.4) is 0 Å². The van der Waals surface area contributed by atoms with Gasteiger partial charge in [0.15, 0.2) is 6.29 Å². The van der Waals surface area contributed by atoms with Crippen LogP contribution in [0.1, 0.15) is 10.4 Å². The Hall–Kier alpha value is -1.16. The molecule has 0 saturated carbocycles. The van der Waals surface area contributed by atoms with Crippen LogP contribution in [0, 0.1) is 5.95 Å². The number of nitrogens with zero attached hydrogens (tertiary/aromatic N) is 1. The van der Waals surface area contributed by atoms with Gasteiger partial charge < -0.3 is 0 Å². The third-order valence-corrected chi connectivity index (χ3v) is 3.45. The summed E-state index contributed by atoms with van der Waals surface area (Å²) in [5, 5.41) is 0.886. The zero-order valence-electron chi connectivity index (χ0n) is 8.75. The van der Waals surface area contributed by atoms with Crippen LogP contribution in [0.15, 0.2) is 24.4 Å². The maximum atomic E-state index is 13.1. The van der Waals surface area contributed by atoms with Gasteiger partial charge in [-0.05, 0) is 18.2 Å². The molecule has 0 amide bonds. The molecule has 0 saturated heterocycles. The number of pyridine rings is 1. The summed E-state index contributed by atoms with van der Waals surface area (Å²) in [7, 11) is 0. The number of hydrogen-bond donors (Lipinski definition) is 0. The van der Waals surface area contributed by atoms with Crippen LogP contribution < -0.4 is 0 Å². The highest BCUT2D eigenvalue weighted by Gasteiger charge is 2.14. The number of benzene rings is 1. The Balaban J connectivity index is 2.69. The van der Waals surface area contributed by atoms with E-state index in [1.54, 1.807) is 12.1 Å². The van der Waals surface area contributed by atoms with Gasteiger partial charge >= 0.3 is 0 Å². The van der Waals surface area contributed by atoms with Gasteiger partial charge in [0.2, 0.25) is 5.95 Å². The highest BCUT2D eigenvalue weighted by molar-refractivity contribution is 6.46. The molecule has 0 N–H and O–H groups in total. The summed E-state index contributed by atoms with van der Waals surface area (Å²) >= 11 is 17.9. The molecule has 2 aromatic rings. The number of halogens is 4. The van der Waals surface area contributed by atoms with Crippen LogP contribution in [-0.4, -0.2) is 11.3 Å². The third-order valence-electron chi connectivity index (χ3n) is 2.33. The molecule has 2 rings (SSSR count). The lowest BCUT2D eigenvalue weighted by Gasteiger charge is -2.09. The van der Waals surface area contributed by atoms with Crippen LogP contribution in [0.4, 0.5) is 4.39 Å². The van der Waals surface area contributed by atoms with Crippen molar-refractivity contribution in [1.29, 1.82) is 0 Å². The number of carbonyl (C=O) groups is 1. The minimum Gasteiger partial charge on any atom is -0.298 e. The first-order chi connectivity index (χ1) is 8.54. The van der Waals surface area contributed by atoms with E-state index in [2.05, 4.69) is 4.98 Å². The van der Waals surface area contributed by atoms with Gasteiger partial charge in [-0.1, -0.05) is 34.8 Å². The van der Waals surface area contributed by atoms with Gasteiger partial charge in [-0.2, -0.15) is 4.39 Å². The predicted octanol–water partition coefficient (Wildman–Crippen LogP) is 4.66. The van der Waals surface area contributed by atoms with E-state index in [0.717, 1.165) is 0 Å². The van der Waals surface area contributed by atoms with Gasteiger partial charge in [0.25, 0.3) is 0 Å². The number of aromatic nitrogens is 1. The Morgan fingerprint density at radius 2 is 1.83 bits per heavy atom. The van der Waals surface area contributed by atoms with E-state index >= 15 is 0 Å². The first-order valence-electron chi connectivity index (χ1n) is 4.79. The average Bonchev–Trinajstić information content (AvgIpc) is 2.36. The quantitative estimate of drug-likeness (QED) is 0.459. The number of carbonyl (C=O) groups excluding carboxylic acids is 1. The number of aldehydes is 1. The van der Waals surface area contributed by atoms with Gasteiger partial charge in [0, 0.05) is 17.3 Å². The second-order valence-corrected chi connectivity index (χ2v) is 4.63. The Morgan fingerprint density at radius 3 is 2.50 bits per heavy atom. The van der Waals surface area contributed by atoms with Gasteiger partial charge in [-0.25, -0.2) is 4.98 Å². The summed E-state index contributed by atoms with van der Waals surface area (Å²) in [5.74, 6) is -0.844. The van der Waals surface area contributed by atoms with Crippen LogP contribution in [-0.2, 0) is 0 Å². The van der Waals surface area contributed by atoms with E-state index in [0.29, 0.717) is 27.5 Å². The largest absolute Gasteiger partial charge is 0.298 e. The minimum absolute atomic E-state index is 0.167. The van der Waals surface area contributed by atoms with Gasteiger partial charge in [0.05, 0.1) is 20.6 Å². The zero-order chi connectivity index (χ0) is 13.3. The molecule has 18 heavy (non-hydrogen) atoms. The van der Waals surface area contributed by atoms with Crippen molar-refractivity contribution >= 4 is 41.1 Å². The van der Waals surface area contributed by atoms with Gasteiger partial charge in [-0.15, -0.1) is 0 Å². The molecule has 0 atom stereocenters. The van der Waals surface area contributed by atoms with Crippen molar-refractivity contribution in [3.63, 3.8) is 0 Å². The van der Waals surface area contributed by atoms with Crippen molar-refractivity contribution in [1.82, 2.24) is 4.98 Å². The SMILES string of the molecule is O=Cc1cc(-c2c(Cl)ccc(Cl)c2Cl)cnc1F. The first kappa shape index (κ1) is 13.3. The molecule has 1 aromatic heterocycles. The molecule has 92 valence electrons. The van der Waals surface area contributed by atoms with Crippen molar-refractivity contribution in [3.05, 3.63) is 51.0 Å². The fourth-order valence-corrected chi connectivity index (χ4v) is 2.22. The van der Waals surface area contributed by atoms with Crippen molar-refractivity contribution < 1.29 is 9.18 Å². The van der Waals surface area contributed by atoms with Crippen molar-refractivity contribution in [2.75, 3.05) is 0 Å². The fourth-order valence-electron chi connectivity index (χ4n) is 1.48. The van der Waals surface area contributed by atoms with Crippen molar-refractivity contribution in [2.45, 2.75) is 0 Å². The highest BCUT2D eigenvalue weighted by Crippen LogP contribution is 2.38. The fraction of sp³-hybridized carbons (Fsp3) is 0. The normalized spacial score (nSPS) is 10.4. The molecule has 1 aromatic carbocycles. The Morgan fingerprint density at radius 1 is 1.17 bits per heavy atom. The summed E-state index contributed by atoms with van der Waals surface area (Å²) in [6.07, 6.45) is 1.62. The molecule has 0 unspecified atom stereocenters. The lowest BCUT2D eigenvalue weighted by atomic mass is 10.1. The number of rotatable bonds is 2. The molecule has 0 radical (unpaired) electrons. The lowest BCUT2D eigenvalue weighted by Crippen LogP contribution is -1.94. The van der Waals surface area contributed by atoms with Crippen molar-refractivity contribution in [3.8, 4) is 11.1 Å². The second-order valence-electron chi connectivity index (χ2n) is 3.44. The number of hydrogen-bond acceptors (Lipinski definition) is 2. The molecule has 0 aliphatic heterocycles. The average molecular weight is 305 g/mol. The van der Waals surface area contributed by atoms with Crippen LogP contribution >= 0.6 is 34.8 Å². The van der Waals surface area contributed by atoms with E-state index in [1.807, 2.05) is 0 Å². The molecule has 0 aliphatic rings. The molecular weight excluding hydrogens is 299 g/mol. The topological polar surface area (TPSA) is 30.0 Å². The summed E-state index contributed by atoms with van der Waals surface area (Å²) in [6, 6.07) is 4.43. The summed E-state index contributed by atoms with van der Waals surface area (Å²) in [4.78, 5) is 14.2. The third kappa shape index (κ3) is 2.34. The van der Waals surface area contributed by atoms with Crippen LogP contribution in [0.25, 0.3) is 11.1 Å². The van der Waals surface area contributed by atoms with Gasteiger partial charge in [-0.3, -0.25) is 4.79 Å². The first-order valence-corrected chi connectivity index (χ1v) is 5.92. The van der Waals surface area contributed by atoms with Crippen molar-refractivity contribution in [2.24, 2.45) is 0 Å². The molecular formula is C12H5Cl3FNO. The van der Waals surface area contributed by atoms with E-state index in [1.165, 1.54) is 12.3 Å². The molecule has 0 bridgehead atoms.